The fourth-order valence-corrected chi connectivity index (χ4v) is 2.39. The van der Waals surface area contributed by atoms with Crippen molar-refractivity contribution >= 4 is 11.9 Å². The quantitative estimate of drug-likeness (QED) is 0.652. The molecule has 3 amide bonds. The minimum atomic E-state index is -1.25. The molecule has 2 aliphatic rings. The van der Waals surface area contributed by atoms with Crippen LogP contribution in [0, 0.1) is 0 Å². The smallest absolute Gasteiger partial charge is 0.322 e. The molecular weight excluding hydrogens is 262 g/mol. The van der Waals surface area contributed by atoms with E-state index in [0.717, 1.165) is 6.42 Å². The van der Waals surface area contributed by atoms with E-state index >= 15 is 0 Å². The first-order valence-corrected chi connectivity index (χ1v) is 6.39. The summed E-state index contributed by atoms with van der Waals surface area (Å²) in [5.41, 5.74) is 5.04. The SMILES string of the molecule is NCC1(c2ccc3c(c2)OCCCO3)NC(=O)NC1=O. The molecule has 0 aliphatic carbocycles. The third kappa shape index (κ3) is 1.87. The predicted molar refractivity (Wildman–Crippen MR) is 69.5 cm³/mol. The molecule has 20 heavy (non-hydrogen) atoms. The van der Waals surface area contributed by atoms with Crippen LogP contribution >= 0.6 is 0 Å². The highest BCUT2D eigenvalue weighted by Crippen LogP contribution is 2.34. The Morgan fingerprint density at radius 3 is 2.60 bits per heavy atom. The number of ether oxygens (including phenoxy) is 2. The summed E-state index contributed by atoms with van der Waals surface area (Å²) in [6.07, 6.45) is 0.795. The molecule has 0 radical (unpaired) electrons. The Labute approximate surface area is 115 Å². The number of urea groups is 1. The Morgan fingerprint density at radius 2 is 1.95 bits per heavy atom. The normalized spacial score (nSPS) is 24.9. The Balaban J connectivity index is 2.03. The maximum atomic E-state index is 12.0. The zero-order chi connectivity index (χ0) is 14.2. The highest BCUT2D eigenvalue weighted by Gasteiger charge is 2.47. The minimum Gasteiger partial charge on any atom is -0.490 e. The second-order valence-corrected chi connectivity index (χ2v) is 4.73. The van der Waals surface area contributed by atoms with E-state index < -0.39 is 17.5 Å². The number of hydrogen-bond acceptors (Lipinski definition) is 5. The number of amides is 3. The van der Waals surface area contributed by atoms with Gasteiger partial charge in [0.1, 0.15) is 0 Å². The first-order chi connectivity index (χ1) is 9.65. The molecule has 106 valence electrons. The molecule has 1 aromatic rings. The van der Waals surface area contributed by atoms with Crippen LogP contribution in [0.3, 0.4) is 0 Å². The van der Waals surface area contributed by atoms with E-state index in [1.807, 2.05) is 0 Å². The molecule has 0 saturated carbocycles. The van der Waals surface area contributed by atoms with Crippen LogP contribution in [0.4, 0.5) is 4.79 Å². The number of rotatable bonds is 2. The number of fused-ring (bicyclic) bond motifs is 1. The average molecular weight is 277 g/mol. The van der Waals surface area contributed by atoms with E-state index in [0.29, 0.717) is 30.3 Å². The summed E-state index contributed by atoms with van der Waals surface area (Å²) in [7, 11) is 0. The van der Waals surface area contributed by atoms with E-state index in [1.54, 1.807) is 18.2 Å². The molecule has 4 N–H and O–H groups in total. The summed E-state index contributed by atoms with van der Waals surface area (Å²) >= 11 is 0. The number of imide groups is 1. The first-order valence-electron chi connectivity index (χ1n) is 6.39. The van der Waals surface area contributed by atoms with Crippen molar-refractivity contribution in [3.05, 3.63) is 23.8 Å². The predicted octanol–water partition coefficient (Wildman–Crippen LogP) is -0.159. The zero-order valence-corrected chi connectivity index (χ0v) is 10.8. The summed E-state index contributed by atoms with van der Waals surface area (Å²) in [4.78, 5) is 23.4. The van der Waals surface area contributed by atoms with Crippen molar-refractivity contribution in [3.63, 3.8) is 0 Å². The fourth-order valence-electron chi connectivity index (χ4n) is 2.39. The summed E-state index contributed by atoms with van der Waals surface area (Å²) in [5, 5.41) is 4.79. The van der Waals surface area contributed by atoms with Crippen LogP contribution in [-0.4, -0.2) is 31.7 Å². The van der Waals surface area contributed by atoms with E-state index in [9.17, 15) is 9.59 Å². The van der Waals surface area contributed by atoms with Crippen molar-refractivity contribution in [2.75, 3.05) is 19.8 Å². The van der Waals surface area contributed by atoms with Crippen molar-refractivity contribution in [3.8, 4) is 11.5 Å². The molecule has 1 unspecified atom stereocenters. The highest BCUT2D eigenvalue weighted by molar-refractivity contribution is 6.07. The molecule has 3 rings (SSSR count). The van der Waals surface area contributed by atoms with Crippen molar-refractivity contribution < 1.29 is 19.1 Å². The van der Waals surface area contributed by atoms with Crippen LogP contribution in [-0.2, 0) is 10.3 Å². The Hall–Kier alpha value is -2.28. The lowest BCUT2D eigenvalue weighted by atomic mass is 9.90. The third-order valence-corrected chi connectivity index (χ3v) is 3.49. The number of carbonyl (C=O) groups is 2. The maximum absolute atomic E-state index is 12.0. The van der Waals surface area contributed by atoms with Gasteiger partial charge in [0.25, 0.3) is 5.91 Å². The molecule has 0 spiro atoms. The van der Waals surface area contributed by atoms with Gasteiger partial charge in [0.15, 0.2) is 17.0 Å². The molecule has 1 saturated heterocycles. The van der Waals surface area contributed by atoms with Crippen LogP contribution in [0.1, 0.15) is 12.0 Å². The molecule has 0 aromatic heterocycles. The summed E-state index contributed by atoms with van der Waals surface area (Å²) in [5.74, 6) is 0.726. The van der Waals surface area contributed by atoms with Gasteiger partial charge in [-0.15, -0.1) is 0 Å². The lowest BCUT2D eigenvalue weighted by molar-refractivity contribution is -0.123. The number of carbonyl (C=O) groups excluding carboxylic acids is 2. The maximum Gasteiger partial charge on any atom is 0.322 e. The second-order valence-electron chi connectivity index (χ2n) is 4.73. The van der Waals surface area contributed by atoms with Gasteiger partial charge >= 0.3 is 6.03 Å². The van der Waals surface area contributed by atoms with Gasteiger partial charge in [-0.1, -0.05) is 6.07 Å². The molecule has 7 nitrogen and oxygen atoms in total. The van der Waals surface area contributed by atoms with E-state index in [1.165, 1.54) is 0 Å². The van der Waals surface area contributed by atoms with Crippen LogP contribution in [0.25, 0.3) is 0 Å². The number of hydrogen-bond donors (Lipinski definition) is 3. The Morgan fingerprint density at radius 1 is 1.20 bits per heavy atom. The standard InChI is InChI=1S/C13H15N3O4/c14-7-13(11(17)15-12(18)16-13)8-2-3-9-10(6-8)20-5-1-4-19-9/h2-3,6H,1,4-5,7,14H2,(H2,15,16,17,18). The minimum absolute atomic E-state index is 0.0375. The van der Waals surface area contributed by atoms with Gasteiger partial charge in [0.2, 0.25) is 0 Å². The summed E-state index contributed by atoms with van der Waals surface area (Å²) in [6, 6.07) is 4.59. The van der Waals surface area contributed by atoms with Crippen molar-refractivity contribution in [2.45, 2.75) is 12.0 Å². The highest BCUT2D eigenvalue weighted by atomic mass is 16.5. The van der Waals surface area contributed by atoms with Crippen LogP contribution in [0.15, 0.2) is 18.2 Å². The zero-order valence-electron chi connectivity index (χ0n) is 10.8. The Bertz CT molecular complexity index is 575. The molecule has 1 atom stereocenters. The molecule has 1 aromatic carbocycles. The molecule has 0 bridgehead atoms. The monoisotopic (exact) mass is 277 g/mol. The molecule has 2 heterocycles. The fraction of sp³-hybridized carbons (Fsp3) is 0.385. The number of benzene rings is 1. The van der Waals surface area contributed by atoms with Gasteiger partial charge in [0, 0.05) is 13.0 Å². The van der Waals surface area contributed by atoms with Crippen LogP contribution in [0.5, 0.6) is 11.5 Å². The first kappa shape index (κ1) is 12.7. The molecular formula is C13H15N3O4. The molecule has 7 heteroatoms. The van der Waals surface area contributed by atoms with Crippen LogP contribution in [0.2, 0.25) is 0 Å². The number of nitrogens with two attached hydrogens (primary N) is 1. The summed E-state index contributed by atoms with van der Waals surface area (Å²) in [6.45, 7) is 1.10. The Kier molecular flexibility index (Phi) is 2.98. The molecule has 2 aliphatic heterocycles. The average Bonchev–Trinajstić information content (AvgIpc) is 2.63. The van der Waals surface area contributed by atoms with Gasteiger partial charge in [0.05, 0.1) is 13.2 Å². The van der Waals surface area contributed by atoms with E-state index in [-0.39, 0.29) is 6.54 Å². The summed E-state index contributed by atoms with van der Waals surface area (Å²) < 4.78 is 11.1. The van der Waals surface area contributed by atoms with Crippen molar-refractivity contribution in [1.29, 1.82) is 0 Å². The lowest BCUT2D eigenvalue weighted by Crippen LogP contribution is -2.49. The topological polar surface area (TPSA) is 103 Å². The molecule has 1 fully saturated rings. The lowest BCUT2D eigenvalue weighted by Gasteiger charge is -2.25. The van der Waals surface area contributed by atoms with Crippen LogP contribution < -0.4 is 25.8 Å². The van der Waals surface area contributed by atoms with Gasteiger partial charge in [-0.3, -0.25) is 10.1 Å². The van der Waals surface area contributed by atoms with Crippen molar-refractivity contribution in [1.82, 2.24) is 10.6 Å². The van der Waals surface area contributed by atoms with Gasteiger partial charge in [-0.2, -0.15) is 0 Å². The van der Waals surface area contributed by atoms with Crippen molar-refractivity contribution in [2.24, 2.45) is 5.73 Å². The number of nitrogens with one attached hydrogen (secondary N) is 2. The van der Waals surface area contributed by atoms with Gasteiger partial charge in [-0.05, 0) is 17.7 Å². The van der Waals surface area contributed by atoms with Gasteiger partial charge in [-0.25, -0.2) is 4.79 Å². The van der Waals surface area contributed by atoms with Gasteiger partial charge < -0.3 is 20.5 Å². The van der Waals surface area contributed by atoms with E-state index in [4.69, 9.17) is 15.2 Å². The van der Waals surface area contributed by atoms with E-state index in [2.05, 4.69) is 10.6 Å². The largest absolute Gasteiger partial charge is 0.490 e. The second kappa shape index (κ2) is 4.68. The third-order valence-electron chi connectivity index (χ3n) is 3.49.